The molecule has 5 nitrogen and oxygen atoms in total. The first-order valence-corrected chi connectivity index (χ1v) is 8.36. The van der Waals surface area contributed by atoms with Gasteiger partial charge in [0.15, 0.2) is 17.6 Å². The van der Waals surface area contributed by atoms with Crippen molar-refractivity contribution in [2.75, 3.05) is 6.67 Å². The number of fused-ring (bicyclic) bond motifs is 2. The number of nitrogens with zero attached hydrogens (tertiary/aromatic N) is 4. The minimum Gasteiger partial charge on any atom is -0.345 e. The Morgan fingerprint density at radius 1 is 1.27 bits per heavy atom. The van der Waals surface area contributed by atoms with E-state index in [2.05, 4.69) is 19.9 Å². The maximum atomic E-state index is 14.5. The van der Waals surface area contributed by atoms with Gasteiger partial charge in [0.2, 0.25) is 0 Å². The number of aromatic nitrogens is 5. The summed E-state index contributed by atoms with van der Waals surface area (Å²) in [7, 11) is 0. The molecule has 8 heteroatoms. The minimum absolute atomic E-state index is 0.0182. The number of hydrogen-bond donors (Lipinski definition) is 1. The largest absolute Gasteiger partial charge is 0.345 e. The average Bonchev–Trinajstić information content (AvgIpc) is 3.27. The molecule has 1 N–H and O–H groups in total. The first-order valence-electron chi connectivity index (χ1n) is 8.36. The van der Waals surface area contributed by atoms with Gasteiger partial charge in [-0.2, -0.15) is 0 Å². The zero-order valence-corrected chi connectivity index (χ0v) is 13.6. The van der Waals surface area contributed by atoms with Crippen LogP contribution in [0, 0.1) is 5.82 Å². The van der Waals surface area contributed by atoms with Crippen molar-refractivity contribution in [3.05, 3.63) is 48.2 Å². The summed E-state index contributed by atoms with van der Waals surface area (Å²) in [6.45, 7) is -1.19. The molecule has 0 saturated heterocycles. The predicted molar refractivity (Wildman–Crippen MR) is 89.8 cm³/mol. The summed E-state index contributed by atoms with van der Waals surface area (Å²) in [5.41, 5.74) is 1.82. The van der Waals surface area contributed by atoms with Crippen molar-refractivity contribution in [1.29, 1.82) is 0 Å². The van der Waals surface area contributed by atoms with Crippen LogP contribution in [0.4, 0.5) is 13.2 Å². The van der Waals surface area contributed by atoms with Crippen LogP contribution in [0.1, 0.15) is 36.4 Å². The molecule has 0 aromatic carbocycles. The van der Waals surface area contributed by atoms with Crippen LogP contribution in [-0.4, -0.2) is 31.0 Å². The van der Waals surface area contributed by atoms with Crippen molar-refractivity contribution in [3.8, 4) is 11.1 Å². The van der Waals surface area contributed by atoms with E-state index >= 15 is 0 Å². The monoisotopic (exact) mass is 357 g/mol. The number of halogens is 3. The van der Waals surface area contributed by atoms with E-state index in [0.717, 1.165) is 30.2 Å². The standard InChI is InChI=1S/C18H14F3N5/c19-4-14(21)15-7-24-18-13(20)3-10(8-26(15)18)11-5-23-17-12(11)6-22-16(25-17)9-1-2-9/h3,5-9,14H,1-2,4H2,(H,22,23,25). The Labute approximate surface area is 145 Å². The van der Waals surface area contributed by atoms with Crippen molar-refractivity contribution in [3.63, 3.8) is 0 Å². The number of imidazole rings is 1. The second-order valence-electron chi connectivity index (χ2n) is 6.54. The van der Waals surface area contributed by atoms with Crippen LogP contribution >= 0.6 is 0 Å². The van der Waals surface area contributed by atoms with Crippen LogP contribution in [-0.2, 0) is 0 Å². The molecule has 1 fully saturated rings. The van der Waals surface area contributed by atoms with E-state index in [1.165, 1.54) is 10.5 Å². The van der Waals surface area contributed by atoms with Gasteiger partial charge >= 0.3 is 0 Å². The molecule has 132 valence electrons. The number of alkyl halides is 2. The predicted octanol–water partition coefficient (Wildman–Crippen LogP) is 4.27. The van der Waals surface area contributed by atoms with E-state index in [1.54, 1.807) is 18.6 Å². The van der Waals surface area contributed by atoms with Gasteiger partial charge in [0.25, 0.3) is 0 Å². The van der Waals surface area contributed by atoms with Crippen molar-refractivity contribution in [2.24, 2.45) is 0 Å². The smallest absolute Gasteiger partial charge is 0.173 e. The molecule has 0 spiro atoms. The third-order valence-electron chi connectivity index (χ3n) is 4.75. The third kappa shape index (κ3) is 2.28. The molecule has 4 aromatic heterocycles. The summed E-state index contributed by atoms with van der Waals surface area (Å²) >= 11 is 0. The molecule has 1 atom stereocenters. The molecule has 1 unspecified atom stereocenters. The van der Waals surface area contributed by atoms with Crippen LogP contribution in [0.5, 0.6) is 0 Å². The summed E-state index contributed by atoms with van der Waals surface area (Å²) in [6, 6.07) is 1.33. The number of hydrogen-bond acceptors (Lipinski definition) is 3. The lowest BCUT2D eigenvalue weighted by molar-refractivity contribution is 0.259. The first-order chi connectivity index (χ1) is 12.7. The normalized spacial score (nSPS) is 15.8. The third-order valence-corrected chi connectivity index (χ3v) is 4.75. The van der Waals surface area contributed by atoms with Crippen molar-refractivity contribution >= 4 is 16.7 Å². The molecule has 0 bridgehead atoms. The molecule has 1 aliphatic rings. The number of aromatic amines is 1. The van der Waals surface area contributed by atoms with Gasteiger partial charge in [-0.15, -0.1) is 0 Å². The summed E-state index contributed by atoms with van der Waals surface area (Å²) in [5.74, 6) is 0.632. The molecule has 1 saturated carbocycles. The van der Waals surface area contributed by atoms with Gasteiger partial charge in [0, 0.05) is 41.0 Å². The maximum absolute atomic E-state index is 14.5. The molecule has 4 aromatic rings. The summed E-state index contributed by atoms with van der Waals surface area (Å²) in [5, 5.41) is 0.747. The lowest BCUT2D eigenvalue weighted by atomic mass is 10.1. The minimum atomic E-state index is -1.85. The SMILES string of the molecule is FCC(F)c1cnc2c(F)cc(-c3c[nH]c4nc(C5CC5)ncc34)cn12. The van der Waals surface area contributed by atoms with Gasteiger partial charge in [0.1, 0.15) is 18.1 Å². The summed E-state index contributed by atoms with van der Waals surface area (Å²) in [6.07, 6.45) is 6.50. The second kappa shape index (κ2) is 5.55. The molecule has 4 heterocycles. The van der Waals surface area contributed by atoms with E-state index in [4.69, 9.17) is 0 Å². The second-order valence-corrected chi connectivity index (χ2v) is 6.54. The molecule has 26 heavy (non-hydrogen) atoms. The van der Waals surface area contributed by atoms with E-state index in [9.17, 15) is 13.2 Å². The van der Waals surface area contributed by atoms with Gasteiger partial charge < -0.3 is 4.98 Å². The van der Waals surface area contributed by atoms with Crippen LogP contribution in [0.15, 0.2) is 30.9 Å². The van der Waals surface area contributed by atoms with Crippen molar-refractivity contribution < 1.29 is 13.2 Å². The molecular formula is C18H14F3N5. The van der Waals surface area contributed by atoms with E-state index in [-0.39, 0.29) is 11.3 Å². The maximum Gasteiger partial charge on any atom is 0.173 e. The fourth-order valence-electron chi connectivity index (χ4n) is 3.22. The Bertz CT molecular complexity index is 1130. The molecule has 0 radical (unpaired) electrons. The van der Waals surface area contributed by atoms with Gasteiger partial charge in [-0.05, 0) is 18.9 Å². The highest BCUT2D eigenvalue weighted by atomic mass is 19.2. The van der Waals surface area contributed by atoms with Gasteiger partial charge in [-0.1, -0.05) is 0 Å². The van der Waals surface area contributed by atoms with Crippen molar-refractivity contribution in [2.45, 2.75) is 24.9 Å². The zero-order chi connectivity index (χ0) is 17.8. The first kappa shape index (κ1) is 15.4. The lowest BCUT2D eigenvalue weighted by Gasteiger charge is -2.07. The fourth-order valence-corrected chi connectivity index (χ4v) is 3.22. The van der Waals surface area contributed by atoms with Gasteiger partial charge in [-0.3, -0.25) is 4.40 Å². The molecule has 0 aliphatic heterocycles. The Balaban J connectivity index is 1.67. The number of rotatable bonds is 4. The van der Waals surface area contributed by atoms with Gasteiger partial charge in [0.05, 0.1) is 11.9 Å². The lowest BCUT2D eigenvalue weighted by Crippen LogP contribution is -2.00. The highest BCUT2D eigenvalue weighted by molar-refractivity contribution is 5.93. The Kier molecular flexibility index (Phi) is 3.28. The Hall–Kier alpha value is -2.90. The topological polar surface area (TPSA) is 58.9 Å². The van der Waals surface area contributed by atoms with Crippen LogP contribution in [0.2, 0.25) is 0 Å². The van der Waals surface area contributed by atoms with E-state index in [0.29, 0.717) is 22.7 Å². The summed E-state index contributed by atoms with van der Waals surface area (Å²) < 4.78 is 42.3. The molecular weight excluding hydrogens is 343 g/mol. The van der Waals surface area contributed by atoms with Crippen LogP contribution < -0.4 is 0 Å². The van der Waals surface area contributed by atoms with Crippen LogP contribution in [0.3, 0.4) is 0 Å². The van der Waals surface area contributed by atoms with Gasteiger partial charge in [-0.25, -0.2) is 28.1 Å². The van der Waals surface area contributed by atoms with Crippen molar-refractivity contribution in [1.82, 2.24) is 24.3 Å². The quantitative estimate of drug-likeness (QED) is 0.593. The molecule has 5 rings (SSSR count). The number of nitrogens with one attached hydrogen (secondary N) is 1. The summed E-state index contributed by atoms with van der Waals surface area (Å²) in [4.78, 5) is 15.9. The van der Waals surface area contributed by atoms with Crippen LogP contribution in [0.25, 0.3) is 27.8 Å². The number of pyridine rings is 1. The zero-order valence-electron chi connectivity index (χ0n) is 13.6. The number of H-pyrrole nitrogens is 1. The fraction of sp³-hybridized carbons (Fsp3) is 0.278. The highest BCUT2D eigenvalue weighted by Crippen LogP contribution is 2.39. The Morgan fingerprint density at radius 2 is 2.12 bits per heavy atom. The molecule has 1 aliphatic carbocycles. The van der Waals surface area contributed by atoms with E-state index in [1.807, 2.05) is 0 Å². The van der Waals surface area contributed by atoms with E-state index < -0.39 is 18.7 Å². The highest BCUT2D eigenvalue weighted by Gasteiger charge is 2.27. The molecule has 0 amide bonds. The Morgan fingerprint density at radius 3 is 2.88 bits per heavy atom. The average molecular weight is 357 g/mol.